The Morgan fingerprint density at radius 1 is 1.18 bits per heavy atom. The number of nitrogens with zero attached hydrogens (tertiary/aromatic N) is 6. The van der Waals surface area contributed by atoms with E-state index in [9.17, 15) is 19.0 Å². The van der Waals surface area contributed by atoms with Gasteiger partial charge in [-0.25, -0.2) is 19.2 Å². The van der Waals surface area contributed by atoms with Crippen molar-refractivity contribution in [3.8, 4) is 17.1 Å². The summed E-state index contributed by atoms with van der Waals surface area (Å²) < 4.78 is 63.2. The molecular weight excluding hydrogens is 599 g/mol. The molecule has 3 aromatic rings. The molecule has 1 atom stereocenters. The molecule has 1 unspecified atom stereocenters. The third-order valence-electron chi connectivity index (χ3n) is 6.08. The molecule has 3 N–H and O–H groups in total. The summed E-state index contributed by atoms with van der Waals surface area (Å²) in [7, 11) is -0.0919. The number of nitrogens with one attached hydrogen (secondary N) is 2. The van der Waals surface area contributed by atoms with Crippen LogP contribution in [0, 0.1) is 5.92 Å². The van der Waals surface area contributed by atoms with Crippen molar-refractivity contribution in [1.29, 1.82) is 0 Å². The Kier molecular flexibility index (Phi) is 9.90. The van der Waals surface area contributed by atoms with E-state index in [0.717, 1.165) is 4.68 Å². The third kappa shape index (κ3) is 8.78. The van der Waals surface area contributed by atoms with E-state index in [4.69, 9.17) is 27.4 Å². The molecule has 2 heterocycles. The summed E-state index contributed by atoms with van der Waals surface area (Å²) in [5.41, 5.74) is 0.148. The smallest absolute Gasteiger partial charge is 0.474 e. The molecule has 1 fully saturated rings. The number of anilines is 1. The lowest BCUT2D eigenvalue weighted by molar-refractivity contribution is -0.117. The number of hydrogen-bond acceptors (Lipinski definition) is 12. The van der Waals surface area contributed by atoms with Crippen molar-refractivity contribution in [2.24, 2.45) is 18.0 Å². The maximum Gasteiger partial charge on any atom is 0.474 e. The third-order valence-corrected chi connectivity index (χ3v) is 7.03. The molecule has 1 saturated carbocycles. The van der Waals surface area contributed by atoms with E-state index >= 15 is 0 Å². The minimum atomic E-state index is -4.69. The largest absolute Gasteiger partial charge is 0.494 e. The Labute approximate surface area is 257 Å². The van der Waals surface area contributed by atoms with E-state index in [0.29, 0.717) is 30.8 Å². The molecule has 1 aliphatic carbocycles. The van der Waals surface area contributed by atoms with Crippen molar-refractivity contribution in [3.05, 3.63) is 41.6 Å². The van der Waals surface area contributed by atoms with Gasteiger partial charge in [-0.05, 0) is 25.0 Å². The van der Waals surface area contributed by atoms with E-state index < -0.39 is 33.1 Å². The van der Waals surface area contributed by atoms with Gasteiger partial charge in [0.1, 0.15) is 23.2 Å². The highest BCUT2D eigenvalue weighted by molar-refractivity contribution is 7.47. The molecule has 0 radical (unpaired) electrons. The van der Waals surface area contributed by atoms with Crippen LogP contribution >= 0.6 is 7.82 Å². The monoisotopic (exact) mass is 637 g/mol. The predicted molar refractivity (Wildman–Crippen MR) is 155 cm³/mol. The predicted octanol–water partition coefficient (Wildman–Crippen LogP) is 1.38. The Morgan fingerprint density at radius 3 is 2.66 bits per heavy atom. The fourth-order valence-corrected chi connectivity index (χ4v) is 4.43. The summed E-state index contributed by atoms with van der Waals surface area (Å²) in [5, 5.41) is 12.8. The molecule has 4 rings (SSSR count). The van der Waals surface area contributed by atoms with E-state index in [1.807, 2.05) is 5.32 Å². The summed E-state index contributed by atoms with van der Waals surface area (Å²) >= 11 is 0. The van der Waals surface area contributed by atoms with Crippen molar-refractivity contribution in [2.75, 3.05) is 52.9 Å². The number of para-hydroxylation sites is 1. The van der Waals surface area contributed by atoms with E-state index in [1.165, 1.54) is 31.3 Å². The number of methoxy groups -OCH3 is 2. The first-order chi connectivity index (χ1) is 22.3. The molecule has 2 aromatic heterocycles. The Morgan fingerprint density at radius 2 is 1.98 bits per heavy atom. The van der Waals surface area contributed by atoms with Crippen LogP contribution in [0.25, 0.3) is 11.4 Å². The molecule has 0 bridgehead atoms. The minimum absolute atomic E-state index is 0.0257. The number of benzene rings is 1. The number of rotatable bonds is 16. The van der Waals surface area contributed by atoms with E-state index in [1.54, 1.807) is 25.2 Å². The molecular formula is C26H35N8O9P. The highest BCUT2D eigenvalue weighted by atomic mass is 31.2. The number of amides is 2. The number of phosphoric acid groups is 1. The van der Waals surface area contributed by atoms with Crippen molar-refractivity contribution in [2.45, 2.75) is 19.6 Å². The normalized spacial score (nSPS) is 16.0. The number of carbonyl (C=O) groups excluding carboxylic acids is 2. The highest BCUT2D eigenvalue weighted by Crippen LogP contribution is 2.43. The van der Waals surface area contributed by atoms with Gasteiger partial charge in [0.05, 0.1) is 39.1 Å². The summed E-state index contributed by atoms with van der Waals surface area (Å²) in [6.45, 7) is -3.45. The maximum atomic E-state index is 13.2. The van der Waals surface area contributed by atoms with E-state index in [-0.39, 0.29) is 54.3 Å². The Hall–Kier alpha value is -3.99. The second kappa shape index (κ2) is 15.1. The first-order valence-electron chi connectivity index (χ1n) is 14.8. The zero-order valence-corrected chi connectivity index (χ0v) is 25.2. The number of aromatic nitrogens is 5. The molecule has 0 saturated heterocycles. The average molecular weight is 638 g/mol. The van der Waals surface area contributed by atoms with Crippen molar-refractivity contribution in [3.63, 3.8) is 0 Å². The summed E-state index contributed by atoms with van der Waals surface area (Å²) in [6, 6.07) is 6.17. The van der Waals surface area contributed by atoms with Gasteiger partial charge in [0.15, 0.2) is 24.0 Å². The summed E-state index contributed by atoms with van der Waals surface area (Å²) in [6.07, 6.45) is 2.81. The summed E-state index contributed by atoms with van der Waals surface area (Å²) in [4.78, 5) is 45.0. The average Bonchev–Trinajstić information content (AvgIpc) is 3.77. The number of ether oxygens (including phenoxy) is 3. The molecule has 238 valence electrons. The quantitative estimate of drug-likeness (QED) is 0.151. The van der Waals surface area contributed by atoms with Gasteiger partial charge in [-0.3, -0.25) is 23.3 Å². The van der Waals surface area contributed by atoms with Crippen LogP contribution in [0.4, 0.5) is 11.5 Å². The topological polar surface area (TPSA) is 203 Å². The molecule has 1 aromatic carbocycles. The van der Waals surface area contributed by atoms with Gasteiger partial charge >= 0.3 is 7.82 Å². The second-order valence-corrected chi connectivity index (χ2v) is 10.8. The first kappa shape index (κ1) is 28.8. The van der Waals surface area contributed by atoms with Gasteiger partial charge < -0.3 is 29.7 Å². The maximum absolute atomic E-state index is 13.2. The lowest BCUT2D eigenvalue weighted by atomic mass is 10.1. The molecule has 17 nitrogen and oxygen atoms in total. The zero-order valence-electron chi connectivity index (χ0n) is 27.3. The molecule has 0 aliphatic heterocycles. The number of phosphoric ester groups is 1. The lowest BCUT2D eigenvalue weighted by Gasteiger charge is -2.17. The SMILES string of the molecule is [2H]C([2H])([2H])NC(=O)c1nn(COP(=O)(O)OCCOCCOC)c(NC(=O)C2CC2)cc1=Nc1cccc(-c2ncn(C)n2)c1OC. The first-order valence-corrected chi connectivity index (χ1v) is 14.8. The second-order valence-electron chi connectivity index (χ2n) is 9.36. The Balaban J connectivity index is 1.76. The van der Waals surface area contributed by atoms with Crippen molar-refractivity contribution >= 4 is 31.1 Å². The van der Waals surface area contributed by atoms with Crippen LogP contribution in [0.3, 0.4) is 0 Å². The Bertz CT molecular complexity index is 1690. The van der Waals surface area contributed by atoms with E-state index in [2.05, 4.69) is 25.5 Å². The van der Waals surface area contributed by atoms with Crippen LogP contribution in [0.2, 0.25) is 0 Å². The fraction of sp³-hybridized carbons (Fsp3) is 0.462. The lowest BCUT2D eigenvalue weighted by Crippen LogP contribution is -2.32. The fourth-order valence-electron chi connectivity index (χ4n) is 3.79. The van der Waals surface area contributed by atoms with Gasteiger partial charge in [0.25, 0.3) is 5.91 Å². The van der Waals surface area contributed by atoms with Gasteiger partial charge in [-0.15, -0.1) is 0 Å². The number of hydrogen-bond donors (Lipinski definition) is 3. The number of aryl methyl sites for hydroxylation is 1. The molecule has 0 spiro atoms. The van der Waals surface area contributed by atoms with Gasteiger partial charge in [-0.2, -0.15) is 10.2 Å². The van der Waals surface area contributed by atoms with Crippen LogP contribution in [-0.2, 0) is 41.7 Å². The van der Waals surface area contributed by atoms with Crippen LogP contribution < -0.4 is 20.7 Å². The van der Waals surface area contributed by atoms with Crippen LogP contribution in [0.1, 0.15) is 27.4 Å². The number of carbonyl (C=O) groups is 2. The molecule has 2 amide bonds. The van der Waals surface area contributed by atoms with Gasteiger partial charge in [0.2, 0.25) is 5.91 Å². The molecule has 44 heavy (non-hydrogen) atoms. The summed E-state index contributed by atoms with van der Waals surface area (Å²) in [5.74, 6) is -1.31. The zero-order chi connectivity index (χ0) is 34.2. The minimum Gasteiger partial charge on any atom is -0.494 e. The van der Waals surface area contributed by atoms with Crippen molar-refractivity contribution < 1.29 is 46.4 Å². The molecule has 18 heteroatoms. The van der Waals surface area contributed by atoms with Gasteiger partial charge in [-0.1, -0.05) is 6.07 Å². The van der Waals surface area contributed by atoms with Crippen LogP contribution in [-0.4, -0.2) is 88.9 Å². The highest BCUT2D eigenvalue weighted by Gasteiger charge is 2.31. The van der Waals surface area contributed by atoms with Crippen LogP contribution in [0.5, 0.6) is 5.75 Å². The van der Waals surface area contributed by atoms with Crippen LogP contribution in [0.15, 0.2) is 35.6 Å². The van der Waals surface area contributed by atoms with Crippen molar-refractivity contribution in [1.82, 2.24) is 29.9 Å². The standard InChI is InChI=1S/C26H35N8O9P/c1-27-26(36)22-20(29-19-7-5-6-18(23(19)40-4)24-28-15-33(2)32-24)14-21(30-25(35)17-8-9-17)34(31-22)16-43-44(37,38)42-13-12-41-11-10-39-3/h5-7,14-15,17H,8-13,16H2,1-4H3,(H,27,36)(H,30,35)(H,37,38)/i1D3. The van der Waals surface area contributed by atoms with Gasteiger partial charge in [0, 0.05) is 37.2 Å². The molecule has 1 aliphatic rings.